The minimum atomic E-state index is -0.362. The molecule has 4 aliphatic rings. The van der Waals surface area contributed by atoms with Gasteiger partial charge in [0.2, 0.25) is 5.91 Å². The van der Waals surface area contributed by atoms with Crippen LogP contribution in [0.25, 0.3) is 16.6 Å². The number of amides is 4. The number of para-hydroxylation sites is 1. The molecule has 14 nitrogen and oxygen atoms in total. The van der Waals surface area contributed by atoms with Crippen LogP contribution in [0.5, 0.6) is 5.75 Å². The Labute approximate surface area is 358 Å². The largest absolute Gasteiger partial charge is 0.507 e. The summed E-state index contributed by atoms with van der Waals surface area (Å²) in [6, 6.07) is 20.9. The molecule has 324 valence electrons. The predicted octanol–water partition coefficient (Wildman–Crippen LogP) is 5.78. The molecule has 4 aliphatic heterocycles. The Morgan fingerprint density at radius 1 is 0.885 bits per heavy atom. The molecule has 0 radical (unpaired) electrons. The molecule has 4 amide bonds. The van der Waals surface area contributed by atoms with Crippen molar-refractivity contribution in [1.29, 1.82) is 0 Å². The number of phenols is 1. The van der Waals surface area contributed by atoms with E-state index in [0.29, 0.717) is 67.1 Å². The van der Waals surface area contributed by atoms with Gasteiger partial charge in [-0.1, -0.05) is 38.1 Å². The molecular formula is C47H61N9O5. The number of rotatable bonds is 9. The van der Waals surface area contributed by atoms with Crippen molar-refractivity contribution < 1.29 is 24.2 Å². The number of phenolic OH excluding ortho intramolecular Hbond substituents is 1. The van der Waals surface area contributed by atoms with Crippen molar-refractivity contribution in [1.82, 2.24) is 24.6 Å². The van der Waals surface area contributed by atoms with Crippen LogP contribution in [0.3, 0.4) is 0 Å². The van der Waals surface area contributed by atoms with E-state index >= 15 is 0 Å². The number of hydrogen-bond donors (Lipinski definition) is 5. The number of aryl methyl sites for hydroxylation is 1. The summed E-state index contributed by atoms with van der Waals surface area (Å²) in [7, 11) is 0. The normalized spacial score (nSPS) is 19.7. The summed E-state index contributed by atoms with van der Waals surface area (Å²) < 4.78 is 8.58. The Bertz CT molecular complexity index is 2280. The lowest BCUT2D eigenvalue weighted by Gasteiger charge is -2.38. The zero-order valence-corrected chi connectivity index (χ0v) is 35.7. The van der Waals surface area contributed by atoms with Crippen LogP contribution in [0.1, 0.15) is 85.1 Å². The molecule has 0 saturated carbocycles. The Balaban J connectivity index is 0.00000277. The summed E-state index contributed by atoms with van der Waals surface area (Å²) in [5.74, 6) is 0.582. The highest BCUT2D eigenvalue weighted by Gasteiger charge is 2.31. The van der Waals surface area contributed by atoms with Gasteiger partial charge in [0.15, 0.2) is 0 Å². The number of nitrogens with one attached hydrogen (secondary N) is 1. The van der Waals surface area contributed by atoms with E-state index in [4.69, 9.17) is 21.9 Å². The van der Waals surface area contributed by atoms with E-state index in [2.05, 4.69) is 33.1 Å². The number of nitrogens with two attached hydrogens (primary N) is 3. The van der Waals surface area contributed by atoms with Crippen LogP contribution in [-0.2, 0) is 9.53 Å². The topological polar surface area (TPSA) is 189 Å². The number of fused-ring (bicyclic) bond motifs is 1. The maximum atomic E-state index is 13.7. The van der Waals surface area contributed by atoms with Crippen molar-refractivity contribution in [2.75, 3.05) is 63.9 Å². The van der Waals surface area contributed by atoms with Crippen molar-refractivity contribution >= 4 is 40.1 Å². The highest BCUT2D eigenvalue weighted by Crippen LogP contribution is 2.35. The smallest absolute Gasteiger partial charge is 0.328 e. The molecule has 4 aromatic rings. The first-order valence-corrected chi connectivity index (χ1v) is 21.7. The second kappa shape index (κ2) is 19.2. The van der Waals surface area contributed by atoms with E-state index in [1.807, 2.05) is 60.9 Å². The summed E-state index contributed by atoms with van der Waals surface area (Å²) in [4.78, 5) is 46.3. The van der Waals surface area contributed by atoms with Crippen molar-refractivity contribution in [2.45, 2.75) is 65.0 Å². The number of likely N-dealkylation sites (tertiary alicyclic amines) is 2. The maximum absolute atomic E-state index is 13.7. The molecular weight excluding hydrogens is 771 g/mol. The Kier molecular flexibility index (Phi) is 13.5. The molecule has 61 heavy (non-hydrogen) atoms. The number of nitrogens with zero attached hydrogens (tertiary/aromatic N) is 5. The molecule has 8 N–H and O–H groups in total. The molecule has 0 bridgehead atoms. The van der Waals surface area contributed by atoms with Crippen molar-refractivity contribution in [2.24, 2.45) is 23.1 Å². The van der Waals surface area contributed by atoms with Crippen LogP contribution in [0.2, 0.25) is 0 Å². The molecule has 0 aliphatic carbocycles. The number of benzene rings is 3. The zero-order valence-electron chi connectivity index (χ0n) is 35.7. The van der Waals surface area contributed by atoms with Crippen molar-refractivity contribution in [3.05, 3.63) is 113 Å². The van der Waals surface area contributed by atoms with Crippen LogP contribution >= 0.6 is 0 Å². The molecule has 4 saturated heterocycles. The third-order valence-electron chi connectivity index (χ3n) is 12.5. The lowest BCUT2D eigenvalue weighted by molar-refractivity contribution is -0.120. The Morgan fingerprint density at radius 3 is 2.34 bits per heavy atom. The predicted molar refractivity (Wildman–Crippen MR) is 239 cm³/mol. The summed E-state index contributed by atoms with van der Waals surface area (Å²) in [6.07, 6.45) is 7.94. The molecule has 1 unspecified atom stereocenters. The van der Waals surface area contributed by atoms with Crippen LogP contribution in [0.15, 0.2) is 90.5 Å². The zero-order chi connectivity index (χ0) is 43.2. The SMILES string of the molecule is CC.Cc1cc(C(=O)N2CCC(CN3CCC(n4ccc5c(N6CCC(=O)NC6=O)cccc54)CC3)CC2)ccc1C1CN(C(/C=C(\N)c2ccccc2O)=C(N)N)CCO1. The number of piperidine rings is 2. The lowest BCUT2D eigenvalue weighted by atomic mass is 9.93. The van der Waals surface area contributed by atoms with Gasteiger partial charge in [-0.15, -0.1) is 0 Å². The van der Waals surface area contributed by atoms with Gasteiger partial charge in [-0.25, -0.2) is 4.79 Å². The van der Waals surface area contributed by atoms with Crippen LogP contribution < -0.4 is 27.4 Å². The lowest BCUT2D eigenvalue weighted by Crippen LogP contribution is -2.49. The van der Waals surface area contributed by atoms with Gasteiger partial charge in [0.25, 0.3) is 5.91 Å². The van der Waals surface area contributed by atoms with Crippen molar-refractivity contribution in [3.8, 4) is 5.75 Å². The molecule has 1 atom stereocenters. The highest BCUT2D eigenvalue weighted by molar-refractivity contribution is 6.09. The Morgan fingerprint density at radius 2 is 1.64 bits per heavy atom. The third-order valence-corrected chi connectivity index (χ3v) is 12.5. The molecule has 14 heteroatoms. The number of allylic oxidation sites excluding steroid dienone is 1. The van der Waals surface area contributed by atoms with E-state index in [9.17, 15) is 19.5 Å². The van der Waals surface area contributed by atoms with Crippen LogP contribution in [0, 0.1) is 12.8 Å². The third kappa shape index (κ3) is 9.50. The minimum Gasteiger partial charge on any atom is -0.507 e. The number of carbonyl (C=O) groups is 3. The second-order valence-electron chi connectivity index (χ2n) is 16.3. The number of aromatic nitrogens is 1. The van der Waals surface area contributed by atoms with Crippen LogP contribution in [-0.4, -0.2) is 101 Å². The number of hydrogen-bond acceptors (Lipinski definition) is 10. The van der Waals surface area contributed by atoms with E-state index in [1.54, 1.807) is 35.2 Å². The number of anilines is 1. The van der Waals surface area contributed by atoms with E-state index in [1.165, 1.54) is 0 Å². The fourth-order valence-electron chi connectivity index (χ4n) is 9.29. The monoisotopic (exact) mass is 831 g/mol. The van der Waals surface area contributed by atoms with Gasteiger partial charge in [0.1, 0.15) is 17.7 Å². The standard InChI is InChI=1S/C45H55N9O5.C2H6/c1-29-25-31(9-10-33(29)41-28-52(23-24-59-41)39(43(47)48)26-36(46)34-5-2-3-8-40(34)55)44(57)51-19-11-30(12-20-51)27-50-17-13-32(14-18-50)53-21-15-35-37(53)6-4-7-38(35)54-22-16-42(56)49-45(54)58;1-2/h2-10,15,21,25-26,30,32,41,55H,11-14,16-20,22-24,27-28,46-48H2,1H3,(H,49,56,58);1-2H3/b36-26-;. The number of urea groups is 1. The first-order chi connectivity index (χ1) is 29.5. The first kappa shape index (κ1) is 43.1. The van der Waals surface area contributed by atoms with Gasteiger partial charge >= 0.3 is 6.03 Å². The van der Waals surface area contributed by atoms with E-state index in [0.717, 1.165) is 86.1 Å². The number of carbonyl (C=O) groups excluding carboxylic acids is 3. The highest BCUT2D eigenvalue weighted by atomic mass is 16.5. The quantitative estimate of drug-likeness (QED) is 0.130. The van der Waals surface area contributed by atoms with Gasteiger partial charge in [0.05, 0.1) is 23.5 Å². The summed E-state index contributed by atoms with van der Waals surface area (Å²) in [5.41, 5.74) is 24.7. The first-order valence-electron chi connectivity index (χ1n) is 21.7. The van der Waals surface area contributed by atoms with Gasteiger partial charge in [-0.05, 0) is 98.2 Å². The summed E-state index contributed by atoms with van der Waals surface area (Å²) >= 11 is 0. The minimum absolute atomic E-state index is 0.0625. The fourth-order valence-corrected chi connectivity index (χ4v) is 9.29. The fraction of sp³-hybridized carbons (Fsp3) is 0.426. The van der Waals surface area contributed by atoms with E-state index in [-0.39, 0.29) is 35.5 Å². The van der Waals surface area contributed by atoms with Gasteiger partial charge in [-0.2, -0.15) is 0 Å². The second-order valence-corrected chi connectivity index (χ2v) is 16.3. The summed E-state index contributed by atoms with van der Waals surface area (Å²) in [5, 5.41) is 13.8. The van der Waals surface area contributed by atoms with E-state index < -0.39 is 0 Å². The molecule has 1 aromatic heterocycles. The number of morpholine rings is 1. The molecule has 4 fully saturated rings. The number of ether oxygens (including phenoxy) is 1. The number of imide groups is 1. The van der Waals surface area contributed by atoms with Gasteiger partial charge in [0, 0.05) is 93.2 Å². The van der Waals surface area contributed by atoms with Gasteiger partial charge in [-0.3, -0.25) is 19.8 Å². The Hall–Kier alpha value is -5.99. The molecule has 0 spiro atoms. The number of aromatic hydroxyl groups is 1. The van der Waals surface area contributed by atoms with Crippen LogP contribution in [0.4, 0.5) is 10.5 Å². The molecule has 5 heterocycles. The maximum Gasteiger partial charge on any atom is 0.328 e. The van der Waals surface area contributed by atoms with Crippen molar-refractivity contribution in [3.63, 3.8) is 0 Å². The average Bonchev–Trinajstić information content (AvgIpc) is 3.71. The average molecular weight is 832 g/mol. The molecule has 3 aromatic carbocycles. The summed E-state index contributed by atoms with van der Waals surface area (Å²) in [6.45, 7) is 12.5. The van der Waals surface area contributed by atoms with Gasteiger partial charge < -0.3 is 46.3 Å². The molecule has 8 rings (SSSR count).